The van der Waals surface area contributed by atoms with E-state index in [4.69, 9.17) is 18.6 Å². The highest BCUT2D eigenvalue weighted by Crippen LogP contribution is 2.26. The van der Waals surface area contributed by atoms with Gasteiger partial charge in [0, 0.05) is 0 Å². The van der Waals surface area contributed by atoms with Crippen LogP contribution >= 0.6 is 11.3 Å². The third-order valence-corrected chi connectivity index (χ3v) is 4.56. The number of aromatic nitrogens is 1. The molecular weight excluding hydrogens is 366 g/mol. The van der Waals surface area contributed by atoms with Crippen molar-refractivity contribution in [3.8, 4) is 22.3 Å². The summed E-state index contributed by atoms with van der Waals surface area (Å²) in [6.07, 6.45) is 0.155. The summed E-state index contributed by atoms with van der Waals surface area (Å²) in [4.78, 5) is 17.3. The van der Waals surface area contributed by atoms with Gasteiger partial charge in [0.1, 0.15) is 29.6 Å². The fourth-order valence-corrected chi connectivity index (χ4v) is 2.99. The predicted octanol–water partition coefficient (Wildman–Crippen LogP) is 4.62. The van der Waals surface area contributed by atoms with E-state index < -0.39 is 0 Å². The Morgan fingerprint density at radius 2 is 1.89 bits per heavy atom. The summed E-state index contributed by atoms with van der Waals surface area (Å²) in [5, 5.41) is 1.96. The van der Waals surface area contributed by atoms with Gasteiger partial charge < -0.3 is 18.6 Å². The molecule has 0 saturated carbocycles. The van der Waals surface area contributed by atoms with E-state index in [0.717, 1.165) is 10.6 Å². The average Bonchev–Trinajstić information content (AvgIpc) is 3.31. The van der Waals surface area contributed by atoms with Gasteiger partial charge in [0.2, 0.25) is 5.89 Å². The standard InChI is InChI=1S/C20H21NO5S/c1-3-23-15-6-8-16(9-7-15)24-11-10-19(22)25-13-17-14(2)26-20(21-17)18-5-4-12-27-18/h4-9,12H,3,10-11,13H2,1-2H3. The molecule has 1 aromatic carbocycles. The van der Waals surface area contributed by atoms with E-state index >= 15 is 0 Å². The van der Waals surface area contributed by atoms with Crippen molar-refractivity contribution >= 4 is 17.3 Å². The van der Waals surface area contributed by atoms with Gasteiger partial charge >= 0.3 is 5.97 Å². The Morgan fingerprint density at radius 3 is 2.56 bits per heavy atom. The van der Waals surface area contributed by atoms with Crippen LogP contribution in [0.25, 0.3) is 10.8 Å². The Balaban J connectivity index is 1.42. The zero-order chi connectivity index (χ0) is 19.1. The molecule has 142 valence electrons. The quantitative estimate of drug-likeness (QED) is 0.499. The van der Waals surface area contributed by atoms with E-state index in [1.807, 2.05) is 43.5 Å². The molecule has 0 aliphatic carbocycles. The Bertz CT molecular complexity index is 855. The summed E-state index contributed by atoms with van der Waals surface area (Å²) in [6.45, 7) is 4.68. The van der Waals surface area contributed by atoms with Crippen LogP contribution in [0.2, 0.25) is 0 Å². The molecule has 7 heteroatoms. The van der Waals surface area contributed by atoms with E-state index in [2.05, 4.69) is 4.98 Å². The number of rotatable bonds is 9. The second kappa shape index (κ2) is 9.23. The molecular formula is C20H21NO5S. The molecule has 27 heavy (non-hydrogen) atoms. The number of thiophene rings is 1. The first kappa shape index (κ1) is 19.0. The van der Waals surface area contributed by atoms with Crippen LogP contribution < -0.4 is 9.47 Å². The van der Waals surface area contributed by atoms with Gasteiger partial charge in [-0.25, -0.2) is 4.98 Å². The molecule has 0 amide bonds. The van der Waals surface area contributed by atoms with Gasteiger partial charge in [-0.15, -0.1) is 11.3 Å². The van der Waals surface area contributed by atoms with Gasteiger partial charge in [-0.05, 0) is 49.6 Å². The fraction of sp³-hybridized carbons (Fsp3) is 0.300. The third-order valence-electron chi connectivity index (χ3n) is 3.70. The first-order valence-electron chi connectivity index (χ1n) is 8.67. The number of nitrogens with zero attached hydrogens (tertiary/aromatic N) is 1. The maximum Gasteiger partial charge on any atom is 0.309 e. The number of aryl methyl sites for hydroxylation is 1. The molecule has 6 nitrogen and oxygen atoms in total. The summed E-state index contributed by atoms with van der Waals surface area (Å²) >= 11 is 1.55. The van der Waals surface area contributed by atoms with Crippen LogP contribution in [-0.4, -0.2) is 24.2 Å². The molecule has 0 aliphatic rings. The van der Waals surface area contributed by atoms with Gasteiger partial charge in [0.15, 0.2) is 0 Å². The van der Waals surface area contributed by atoms with Crippen LogP contribution in [0.15, 0.2) is 46.2 Å². The highest BCUT2D eigenvalue weighted by atomic mass is 32.1. The Morgan fingerprint density at radius 1 is 1.15 bits per heavy atom. The van der Waals surface area contributed by atoms with Crippen molar-refractivity contribution in [2.75, 3.05) is 13.2 Å². The average molecular weight is 387 g/mol. The summed E-state index contributed by atoms with van der Waals surface area (Å²) in [5.74, 6) is 2.32. The van der Waals surface area contributed by atoms with Crippen molar-refractivity contribution in [1.82, 2.24) is 4.98 Å². The lowest BCUT2D eigenvalue weighted by molar-refractivity contribution is -0.145. The van der Waals surface area contributed by atoms with Gasteiger partial charge in [-0.3, -0.25) is 4.79 Å². The van der Waals surface area contributed by atoms with Crippen molar-refractivity contribution in [1.29, 1.82) is 0 Å². The van der Waals surface area contributed by atoms with Gasteiger partial charge in [0.25, 0.3) is 0 Å². The minimum absolute atomic E-state index is 0.0859. The second-order valence-corrected chi connectivity index (χ2v) is 6.61. The molecule has 0 saturated heterocycles. The normalized spacial score (nSPS) is 10.6. The van der Waals surface area contributed by atoms with Crippen LogP contribution in [0.3, 0.4) is 0 Å². The first-order valence-corrected chi connectivity index (χ1v) is 9.55. The molecule has 0 radical (unpaired) electrons. The molecule has 3 aromatic rings. The summed E-state index contributed by atoms with van der Waals surface area (Å²) in [6, 6.07) is 11.1. The number of hydrogen-bond acceptors (Lipinski definition) is 7. The van der Waals surface area contributed by atoms with Crippen molar-refractivity contribution in [3.05, 3.63) is 53.2 Å². The van der Waals surface area contributed by atoms with Crippen molar-refractivity contribution in [2.24, 2.45) is 0 Å². The predicted molar refractivity (Wildman–Crippen MR) is 102 cm³/mol. The van der Waals surface area contributed by atoms with Crippen LogP contribution in [0.5, 0.6) is 11.5 Å². The smallest absolute Gasteiger partial charge is 0.309 e. The van der Waals surface area contributed by atoms with E-state index in [1.54, 1.807) is 23.5 Å². The topological polar surface area (TPSA) is 70.8 Å². The minimum Gasteiger partial charge on any atom is -0.494 e. The lowest BCUT2D eigenvalue weighted by atomic mass is 10.3. The summed E-state index contributed by atoms with van der Waals surface area (Å²) < 4.78 is 21.8. The largest absolute Gasteiger partial charge is 0.494 e. The summed E-state index contributed by atoms with van der Waals surface area (Å²) in [7, 11) is 0. The summed E-state index contributed by atoms with van der Waals surface area (Å²) in [5.41, 5.74) is 0.624. The molecule has 0 fully saturated rings. The molecule has 0 bridgehead atoms. The molecule has 2 aromatic heterocycles. The fourth-order valence-electron chi connectivity index (χ4n) is 2.34. The number of oxazole rings is 1. The van der Waals surface area contributed by atoms with E-state index in [9.17, 15) is 4.79 Å². The number of ether oxygens (including phenoxy) is 3. The highest BCUT2D eigenvalue weighted by molar-refractivity contribution is 7.13. The van der Waals surface area contributed by atoms with Crippen molar-refractivity contribution in [2.45, 2.75) is 26.9 Å². The number of benzene rings is 1. The highest BCUT2D eigenvalue weighted by Gasteiger charge is 2.14. The SMILES string of the molecule is CCOc1ccc(OCCC(=O)OCc2nc(-c3cccs3)oc2C)cc1. The van der Waals surface area contributed by atoms with Gasteiger partial charge in [-0.2, -0.15) is 0 Å². The number of carbonyl (C=O) groups is 1. The monoisotopic (exact) mass is 387 g/mol. The lowest BCUT2D eigenvalue weighted by Crippen LogP contribution is -2.10. The van der Waals surface area contributed by atoms with E-state index in [0.29, 0.717) is 29.7 Å². The molecule has 2 heterocycles. The maximum atomic E-state index is 11.9. The maximum absolute atomic E-state index is 11.9. The Kier molecular flexibility index (Phi) is 6.49. The van der Waals surface area contributed by atoms with Crippen LogP contribution in [0.4, 0.5) is 0 Å². The molecule has 0 atom stereocenters. The van der Waals surface area contributed by atoms with Crippen LogP contribution in [-0.2, 0) is 16.1 Å². The van der Waals surface area contributed by atoms with Crippen molar-refractivity contribution in [3.63, 3.8) is 0 Å². The Labute approximate surface area is 161 Å². The molecule has 0 spiro atoms. The Hall–Kier alpha value is -2.80. The number of esters is 1. The lowest BCUT2D eigenvalue weighted by Gasteiger charge is -2.07. The molecule has 3 rings (SSSR count). The van der Waals surface area contributed by atoms with E-state index in [-0.39, 0.29) is 25.6 Å². The van der Waals surface area contributed by atoms with Crippen molar-refractivity contribution < 1.29 is 23.4 Å². The van der Waals surface area contributed by atoms with Gasteiger partial charge in [0.05, 0.1) is 24.5 Å². The van der Waals surface area contributed by atoms with Gasteiger partial charge in [-0.1, -0.05) is 6.07 Å². The zero-order valence-corrected chi connectivity index (χ0v) is 16.1. The second-order valence-electron chi connectivity index (χ2n) is 5.66. The van der Waals surface area contributed by atoms with Crippen LogP contribution in [0.1, 0.15) is 24.8 Å². The zero-order valence-electron chi connectivity index (χ0n) is 15.3. The third kappa shape index (κ3) is 5.34. The number of hydrogen-bond donors (Lipinski definition) is 0. The molecule has 0 unspecified atom stereocenters. The molecule has 0 N–H and O–H groups in total. The minimum atomic E-state index is -0.346. The molecule has 0 aliphatic heterocycles. The van der Waals surface area contributed by atoms with E-state index in [1.165, 1.54) is 0 Å². The first-order chi connectivity index (χ1) is 13.2. The number of carbonyl (C=O) groups excluding carboxylic acids is 1. The van der Waals surface area contributed by atoms with Crippen LogP contribution in [0, 0.1) is 6.92 Å².